The van der Waals surface area contributed by atoms with Gasteiger partial charge in [0, 0.05) is 28.5 Å². The number of hydrogen-bond donors (Lipinski definition) is 1. The van der Waals surface area contributed by atoms with Crippen LogP contribution in [0.2, 0.25) is 5.02 Å². The van der Waals surface area contributed by atoms with Crippen LogP contribution in [0, 0.1) is 6.92 Å². The molecule has 1 N–H and O–H groups in total. The van der Waals surface area contributed by atoms with E-state index in [0.29, 0.717) is 17.1 Å². The molecule has 4 rings (SSSR count). The summed E-state index contributed by atoms with van der Waals surface area (Å²) in [6.45, 7) is 5.35. The topological polar surface area (TPSA) is 86.8 Å². The van der Waals surface area contributed by atoms with Crippen molar-refractivity contribution in [1.29, 1.82) is 0 Å². The van der Waals surface area contributed by atoms with Gasteiger partial charge in [0.2, 0.25) is 11.8 Å². The molecule has 4 aromatic carbocycles. The van der Waals surface area contributed by atoms with Gasteiger partial charge in [-0.05, 0) is 79.9 Å². The van der Waals surface area contributed by atoms with Crippen LogP contribution in [-0.2, 0) is 32.6 Å². The number of rotatable bonds is 13. The third-order valence-corrected chi connectivity index (χ3v) is 10.0. The fraction of sp³-hybridized carbons (Fsp3) is 0.257. The van der Waals surface area contributed by atoms with E-state index < -0.39 is 28.5 Å². The summed E-state index contributed by atoms with van der Waals surface area (Å²) in [7, 11) is -4.20. The number of carbonyl (C=O) groups is 2. The van der Waals surface area contributed by atoms with Gasteiger partial charge in [0.25, 0.3) is 10.0 Å². The van der Waals surface area contributed by atoms with Gasteiger partial charge in [0.05, 0.1) is 10.6 Å². The Balaban J connectivity index is 1.80. The van der Waals surface area contributed by atoms with Gasteiger partial charge in [-0.15, -0.1) is 0 Å². The number of carbonyl (C=O) groups excluding carboxylic acids is 2. The van der Waals surface area contributed by atoms with Gasteiger partial charge in [-0.25, -0.2) is 8.42 Å². The zero-order chi connectivity index (χ0) is 32.6. The van der Waals surface area contributed by atoms with E-state index in [1.807, 2.05) is 75.4 Å². The summed E-state index contributed by atoms with van der Waals surface area (Å²) < 4.78 is 30.1. The highest BCUT2D eigenvalue weighted by Crippen LogP contribution is 2.26. The molecule has 0 aliphatic rings. The first kappa shape index (κ1) is 34.2. The Hall–Kier alpha value is -3.66. The van der Waals surface area contributed by atoms with Crippen LogP contribution in [0.1, 0.15) is 37.0 Å². The quantitative estimate of drug-likeness (QED) is 0.160. The Bertz CT molecular complexity index is 1700. The van der Waals surface area contributed by atoms with E-state index in [9.17, 15) is 18.0 Å². The van der Waals surface area contributed by atoms with Gasteiger partial charge < -0.3 is 10.2 Å². The average Bonchev–Trinajstić information content (AvgIpc) is 3.02. The number of halogens is 2. The van der Waals surface area contributed by atoms with Crippen molar-refractivity contribution >= 4 is 55.1 Å². The minimum atomic E-state index is -4.20. The van der Waals surface area contributed by atoms with E-state index in [-0.39, 0.29) is 29.8 Å². The maximum absolute atomic E-state index is 14.5. The summed E-state index contributed by atoms with van der Waals surface area (Å²) in [6.07, 6.45) is 0.960. The molecular formula is C35H37BrClN3O4S. The van der Waals surface area contributed by atoms with Crippen molar-refractivity contribution in [2.75, 3.05) is 10.8 Å². The van der Waals surface area contributed by atoms with E-state index in [4.69, 9.17) is 11.6 Å². The first-order chi connectivity index (χ1) is 21.5. The zero-order valence-electron chi connectivity index (χ0n) is 25.5. The Labute approximate surface area is 279 Å². The Kier molecular flexibility index (Phi) is 11.8. The predicted octanol–water partition coefficient (Wildman–Crippen LogP) is 7.16. The van der Waals surface area contributed by atoms with Crippen LogP contribution >= 0.6 is 27.5 Å². The lowest BCUT2D eigenvalue weighted by Crippen LogP contribution is -2.54. The standard InChI is InChI=1S/C35H37BrClN3O4S/c1-4-26(3)38-35(42)33(22-27-9-6-5-7-10-27)39(23-28-11-8-12-29(36)21-28)34(41)24-40(31-17-13-25(2)14-18-31)45(43,44)32-19-15-30(37)16-20-32/h5-21,26,33H,4,22-24H2,1-3H3,(H,38,42)/t26-,33+/m1/s1. The summed E-state index contributed by atoms with van der Waals surface area (Å²) in [6, 6.07) is 28.7. The molecule has 0 aliphatic heterocycles. The molecule has 2 atom stereocenters. The molecule has 0 aliphatic carbocycles. The fourth-order valence-corrected chi connectivity index (χ4v) is 6.79. The van der Waals surface area contributed by atoms with E-state index in [2.05, 4.69) is 21.2 Å². The van der Waals surface area contributed by atoms with Gasteiger partial charge in [0.1, 0.15) is 12.6 Å². The minimum absolute atomic E-state index is 0.00540. The normalized spacial score (nSPS) is 12.6. The molecule has 0 saturated heterocycles. The molecule has 2 amide bonds. The largest absolute Gasteiger partial charge is 0.352 e. The second-order valence-electron chi connectivity index (χ2n) is 11.0. The lowest BCUT2D eigenvalue weighted by Gasteiger charge is -2.34. The number of aryl methyl sites for hydroxylation is 1. The summed E-state index contributed by atoms with van der Waals surface area (Å²) in [5.41, 5.74) is 2.93. The molecule has 0 bridgehead atoms. The van der Waals surface area contributed by atoms with Crippen molar-refractivity contribution in [2.45, 2.75) is 57.1 Å². The molecular weight excluding hydrogens is 674 g/mol. The van der Waals surface area contributed by atoms with Gasteiger partial charge >= 0.3 is 0 Å². The third-order valence-electron chi connectivity index (χ3n) is 7.52. The maximum atomic E-state index is 14.5. The maximum Gasteiger partial charge on any atom is 0.264 e. The molecule has 236 valence electrons. The number of nitrogens with zero attached hydrogens (tertiary/aromatic N) is 2. The van der Waals surface area contributed by atoms with Crippen LogP contribution in [0.15, 0.2) is 112 Å². The number of benzene rings is 4. The van der Waals surface area contributed by atoms with Crippen molar-refractivity contribution in [3.8, 4) is 0 Å². The molecule has 4 aromatic rings. The average molecular weight is 711 g/mol. The Morgan fingerprint density at radius 3 is 2.16 bits per heavy atom. The van der Waals surface area contributed by atoms with Crippen molar-refractivity contribution in [3.63, 3.8) is 0 Å². The highest BCUT2D eigenvalue weighted by molar-refractivity contribution is 9.10. The fourth-order valence-electron chi connectivity index (χ4n) is 4.80. The molecule has 45 heavy (non-hydrogen) atoms. The van der Waals surface area contributed by atoms with Gasteiger partial charge in [-0.2, -0.15) is 0 Å². The summed E-state index contributed by atoms with van der Waals surface area (Å²) in [4.78, 5) is 29.9. The molecule has 7 nitrogen and oxygen atoms in total. The highest BCUT2D eigenvalue weighted by atomic mass is 79.9. The number of amides is 2. The van der Waals surface area contributed by atoms with Crippen LogP contribution < -0.4 is 9.62 Å². The first-order valence-electron chi connectivity index (χ1n) is 14.7. The second kappa shape index (κ2) is 15.6. The van der Waals surface area contributed by atoms with Crippen molar-refractivity contribution in [3.05, 3.63) is 129 Å². The van der Waals surface area contributed by atoms with Crippen molar-refractivity contribution in [2.24, 2.45) is 0 Å². The summed E-state index contributed by atoms with van der Waals surface area (Å²) in [5.74, 6) is -0.827. The summed E-state index contributed by atoms with van der Waals surface area (Å²) >= 11 is 9.56. The highest BCUT2D eigenvalue weighted by Gasteiger charge is 2.35. The van der Waals surface area contributed by atoms with E-state index in [1.54, 1.807) is 24.3 Å². The number of nitrogens with one attached hydrogen (secondary N) is 1. The van der Waals surface area contributed by atoms with Crippen LogP contribution in [0.3, 0.4) is 0 Å². The molecule has 0 radical (unpaired) electrons. The van der Waals surface area contributed by atoms with E-state index in [1.165, 1.54) is 29.2 Å². The third kappa shape index (κ3) is 9.19. The molecule has 0 saturated carbocycles. The van der Waals surface area contributed by atoms with Crippen LogP contribution in [0.5, 0.6) is 0 Å². The molecule has 10 heteroatoms. The minimum Gasteiger partial charge on any atom is -0.352 e. The molecule has 0 aromatic heterocycles. The van der Waals surface area contributed by atoms with Gasteiger partial charge in [-0.3, -0.25) is 13.9 Å². The predicted molar refractivity (Wildman–Crippen MR) is 184 cm³/mol. The van der Waals surface area contributed by atoms with Crippen LogP contribution in [0.25, 0.3) is 0 Å². The Morgan fingerprint density at radius 2 is 1.53 bits per heavy atom. The summed E-state index contributed by atoms with van der Waals surface area (Å²) in [5, 5.41) is 3.44. The smallest absolute Gasteiger partial charge is 0.264 e. The molecule has 0 spiro atoms. The van der Waals surface area contributed by atoms with E-state index in [0.717, 1.165) is 25.5 Å². The molecule has 0 fully saturated rings. The first-order valence-corrected chi connectivity index (χ1v) is 17.3. The van der Waals surface area contributed by atoms with Crippen molar-refractivity contribution in [1.82, 2.24) is 10.2 Å². The van der Waals surface area contributed by atoms with Crippen LogP contribution in [0.4, 0.5) is 5.69 Å². The zero-order valence-corrected chi connectivity index (χ0v) is 28.6. The van der Waals surface area contributed by atoms with Crippen molar-refractivity contribution < 1.29 is 18.0 Å². The number of anilines is 1. The second-order valence-corrected chi connectivity index (χ2v) is 14.2. The number of hydrogen-bond acceptors (Lipinski definition) is 4. The van der Waals surface area contributed by atoms with Gasteiger partial charge in [0.15, 0.2) is 0 Å². The monoisotopic (exact) mass is 709 g/mol. The van der Waals surface area contributed by atoms with E-state index >= 15 is 0 Å². The Morgan fingerprint density at radius 1 is 0.889 bits per heavy atom. The van der Waals surface area contributed by atoms with Gasteiger partial charge in [-0.1, -0.05) is 94.6 Å². The van der Waals surface area contributed by atoms with Crippen LogP contribution in [-0.4, -0.2) is 43.8 Å². The SMILES string of the molecule is CC[C@@H](C)NC(=O)[C@H](Cc1ccccc1)N(Cc1cccc(Br)c1)C(=O)CN(c1ccc(C)cc1)S(=O)(=O)c1ccc(Cl)cc1. The lowest BCUT2D eigenvalue weighted by atomic mass is 10.0. The molecule has 0 heterocycles. The number of sulfonamides is 1. The molecule has 0 unspecified atom stereocenters. The lowest BCUT2D eigenvalue weighted by molar-refractivity contribution is -0.140.